The van der Waals surface area contributed by atoms with Gasteiger partial charge in [-0.2, -0.15) is 0 Å². The molecule has 0 unspecified atom stereocenters. The average molecular weight is 353 g/mol. The first-order chi connectivity index (χ1) is 12.7. The summed E-state index contributed by atoms with van der Waals surface area (Å²) in [6.07, 6.45) is 2.76. The topological polar surface area (TPSA) is 48.0 Å². The van der Waals surface area contributed by atoms with Crippen LogP contribution in [0.25, 0.3) is 0 Å². The van der Waals surface area contributed by atoms with E-state index < -0.39 is 0 Å². The van der Waals surface area contributed by atoms with Crippen molar-refractivity contribution in [1.82, 2.24) is 4.90 Å². The Morgan fingerprint density at radius 3 is 2.85 bits per heavy atom. The van der Waals surface area contributed by atoms with Gasteiger partial charge in [0.25, 0.3) is 5.91 Å². The number of methoxy groups -OCH3 is 2. The molecule has 5 nitrogen and oxygen atoms in total. The van der Waals surface area contributed by atoms with Crippen LogP contribution in [-0.4, -0.2) is 38.2 Å². The highest BCUT2D eigenvalue weighted by molar-refractivity contribution is 5.95. The lowest BCUT2D eigenvalue weighted by atomic mass is 10.0. The van der Waals surface area contributed by atoms with Gasteiger partial charge in [0, 0.05) is 24.1 Å². The number of fused-ring (bicyclic) bond motifs is 1. The van der Waals surface area contributed by atoms with Gasteiger partial charge in [0.05, 0.1) is 26.9 Å². The molecule has 2 aliphatic rings. The van der Waals surface area contributed by atoms with Crippen molar-refractivity contribution in [3.05, 3.63) is 53.1 Å². The summed E-state index contributed by atoms with van der Waals surface area (Å²) in [7, 11) is 3.31. The molecule has 2 aromatic carbocycles. The van der Waals surface area contributed by atoms with Gasteiger partial charge in [-0.05, 0) is 54.8 Å². The fourth-order valence-corrected chi connectivity index (χ4v) is 3.92. The maximum absolute atomic E-state index is 13.2. The first kappa shape index (κ1) is 16.8. The summed E-state index contributed by atoms with van der Waals surface area (Å²) in [5, 5.41) is 0. The van der Waals surface area contributed by atoms with Gasteiger partial charge in [0.15, 0.2) is 0 Å². The fraction of sp³-hybridized carbons (Fsp3) is 0.381. The molecular formula is C21H23NO4. The van der Waals surface area contributed by atoms with E-state index in [0.717, 1.165) is 59.7 Å². The number of carbonyl (C=O) groups excluding carboxylic acids is 1. The Balaban J connectivity index is 1.65. The standard InChI is InChI=1S/C21H23NO4/c1-24-16-6-8-20(25-2)17(13-16)18-4-3-10-22(18)21(23)15-5-7-19-14(12-15)9-11-26-19/h5-8,12-13,18H,3-4,9-11H2,1-2H3/t18-/m1/s1. The Kier molecular flexibility index (Phi) is 4.45. The largest absolute Gasteiger partial charge is 0.497 e. The minimum Gasteiger partial charge on any atom is -0.497 e. The molecule has 2 aliphatic heterocycles. The highest BCUT2D eigenvalue weighted by atomic mass is 16.5. The van der Waals surface area contributed by atoms with Gasteiger partial charge >= 0.3 is 0 Å². The maximum Gasteiger partial charge on any atom is 0.254 e. The van der Waals surface area contributed by atoms with Gasteiger partial charge < -0.3 is 19.1 Å². The molecule has 0 N–H and O–H groups in total. The highest BCUT2D eigenvalue weighted by Gasteiger charge is 2.33. The van der Waals surface area contributed by atoms with Crippen LogP contribution in [0, 0.1) is 0 Å². The van der Waals surface area contributed by atoms with E-state index in [1.54, 1.807) is 14.2 Å². The Hall–Kier alpha value is -2.69. The van der Waals surface area contributed by atoms with E-state index in [-0.39, 0.29) is 11.9 Å². The molecule has 1 atom stereocenters. The van der Waals surface area contributed by atoms with Gasteiger partial charge in [-0.25, -0.2) is 0 Å². The van der Waals surface area contributed by atoms with Crippen LogP contribution >= 0.6 is 0 Å². The third kappa shape index (κ3) is 2.87. The van der Waals surface area contributed by atoms with Gasteiger partial charge in [-0.15, -0.1) is 0 Å². The van der Waals surface area contributed by atoms with Crippen LogP contribution in [-0.2, 0) is 6.42 Å². The van der Waals surface area contributed by atoms with Gasteiger partial charge in [0.1, 0.15) is 17.2 Å². The first-order valence-corrected chi connectivity index (χ1v) is 9.00. The second kappa shape index (κ2) is 6.90. The van der Waals surface area contributed by atoms with E-state index in [2.05, 4.69) is 0 Å². The summed E-state index contributed by atoms with van der Waals surface area (Å²) in [6, 6.07) is 11.5. The average Bonchev–Trinajstić information content (AvgIpc) is 3.35. The normalized spacial score (nSPS) is 18.4. The zero-order valence-electron chi connectivity index (χ0n) is 15.2. The van der Waals surface area contributed by atoms with Gasteiger partial charge in [0.2, 0.25) is 0 Å². The molecule has 136 valence electrons. The SMILES string of the molecule is COc1ccc(OC)c([C@H]2CCCN2C(=O)c2ccc3c(c2)CCO3)c1. The number of likely N-dealkylation sites (tertiary alicyclic amines) is 1. The Morgan fingerprint density at radius 2 is 2.04 bits per heavy atom. The second-order valence-corrected chi connectivity index (χ2v) is 6.69. The summed E-state index contributed by atoms with van der Waals surface area (Å²) in [4.78, 5) is 15.2. The minimum atomic E-state index is -0.00273. The van der Waals surface area contributed by atoms with Crippen molar-refractivity contribution in [2.75, 3.05) is 27.4 Å². The number of hydrogen-bond donors (Lipinski definition) is 0. The lowest BCUT2D eigenvalue weighted by Crippen LogP contribution is -2.30. The number of nitrogens with zero attached hydrogens (tertiary/aromatic N) is 1. The molecule has 0 aromatic heterocycles. The van der Waals surface area contributed by atoms with E-state index in [1.165, 1.54) is 0 Å². The van der Waals surface area contributed by atoms with Crippen LogP contribution in [0.3, 0.4) is 0 Å². The third-order valence-corrected chi connectivity index (χ3v) is 5.25. The molecule has 1 saturated heterocycles. The van der Waals surface area contributed by atoms with Crippen molar-refractivity contribution in [2.24, 2.45) is 0 Å². The zero-order valence-corrected chi connectivity index (χ0v) is 15.2. The predicted molar refractivity (Wildman–Crippen MR) is 98.2 cm³/mol. The quantitative estimate of drug-likeness (QED) is 0.842. The molecule has 0 aliphatic carbocycles. The zero-order chi connectivity index (χ0) is 18.1. The summed E-state index contributed by atoms with van der Waals surface area (Å²) < 4.78 is 16.5. The van der Waals surface area contributed by atoms with Crippen molar-refractivity contribution in [1.29, 1.82) is 0 Å². The molecule has 2 aromatic rings. The summed E-state index contributed by atoms with van der Waals surface area (Å²) in [5.74, 6) is 2.52. The Labute approximate surface area is 153 Å². The summed E-state index contributed by atoms with van der Waals surface area (Å²) in [5.41, 5.74) is 2.84. The summed E-state index contributed by atoms with van der Waals surface area (Å²) >= 11 is 0. The molecule has 1 amide bonds. The molecule has 2 heterocycles. The molecule has 1 fully saturated rings. The van der Waals surface area contributed by atoms with E-state index >= 15 is 0 Å². The third-order valence-electron chi connectivity index (χ3n) is 5.25. The molecule has 0 saturated carbocycles. The highest BCUT2D eigenvalue weighted by Crippen LogP contribution is 2.40. The minimum absolute atomic E-state index is 0.00273. The number of amides is 1. The van der Waals surface area contributed by atoms with E-state index in [1.807, 2.05) is 41.3 Å². The number of carbonyl (C=O) groups is 1. The monoisotopic (exact) mass is 353 g/mol. The molecule has 26 heavy (non-hydrogen) atoms. The molecule has 0 spiro atoms. The molecular weight excluding hydrogens is 330 g/mol. The number of rotatable bonds is 4. The Morgan fingerprint density at radius 1 is 1.15 bits per heavy atom. The number of ether oxygens (including phenoxy) is 3. The van der Waals surface area contributed by atoms with Crippen molar-refractivity contribution in [3.63, 3.8) is 0 Å². The number of benzene rings is 2. The maximum atomic E-state index is 13.2. The van der Waals surface area contributed by atoms with E-state index in [4.69, 9.17) is 14.2 Å². The molecule has 0 bridgehead atoms. The van der Waals surface area contributed by atoms with E-state index in [0.29, 0.717) is 6.61 Å². The smallest absolute Gasteiger partial charge is 0.254 e. The first-order valence-electron chi connectivity index (χ1n) is 9.00. The van der Waals surface area contributed by atoms with Crippen molar-refractivity contribution in [3.8, 4) is 17.2 Å². The Bertz CT molecular complexity index is 833. The van der Waals surface area contributed by atoms with Crippen LogP contribution in [0.2, 0.25) is 0 Å². The van der Waals surface area contributed by atoms with Gasteiger partial charge in [-0.1, -0.05) is 0 Å². The van der Waals surface area contributed by atoms with Gasteiger partial charge in [-0.3, -0.25) is 4.79 Å². The van der Waals surface area contributed by atoms with Crippen molar-refractivity contribution < 1.29 is 19.0 Å². The predicted octanol–water partition coefficient (Wildman–Crippen LogP) is 3.62. The van der Waals surface area contributed by atoms with Crippen molar-refractivity contribution >= 4 is 5.91 Å². The van der Waals surface area contributed by atoms with Crippen LogP contribution in [0.4, 0.5) is 0 Å². The summed E-state index contributed by atoms with van der Waals surface area (Å²) in [6.45, 7) is 1.44. The van der Waals surface area contributed by atoms with Crippen LogP contribution in [0.1, 0.15) is 40.4 Å². The van der Waals surface area contributed by atoms with Crippen molar-refractivity contribution in [2.45, 2.75) is 25.3 Å². The lowest BCUT2D eigenvalue weighted by molar-refractivity contribution is 0.0734. The second-order valence-electron chi connectivity index (χ2n) is 6.69. The van der Waals surface area contributed by atoms with Crippen LogP contribution in [0.15, 0.2) is 36.4 Å². The molecule has 5 heteroatoms. The van der Waals surface area contributed by atoms with E-state index in [9.17, 15) is 4.79 Å². The van der Waals surface area contributed by atoms with Crippen LogP contribution in [0.5, 0.6) is 17.2 Å². The van der Waals surface area contributed by atoms with Crippen LogP contribution < -0.4 is 14.2 Å². The lowest BCUT2D eigenvalue weighted by Gasteiger charge is -2.27. The number of hydrogen-bond acceptors (Lipinski definition) is 4. The molecule has 0 radical (unpaired) electrons. The molecule has 4 rings (SSSR count). The fourth-order valence-electron chi connectivity index (χ4n) is 3.92.